The van der Waals surface area contributed by atoms with Crippen LogP contribution in [0.4, 0.5) is 0 Å². The van der Waals surface area contributed by atoms with E-state index in [9.17, 15) is 13.2 Å². The van der Waals surface area contributed by atoms with Crippen molar-refractivity contribution >= 4 is 20.9 Å². The number of aromatic nitrogens is 1. The smallest absolute Gasteiger partial charge is 0.252 e. The largest absolute Gasteiger partial charge is 0.497 e. The molecule has 6 nitrogen and oxygen atoms in total. The first-order valence-electron chi connectivity index (χ1n) is 10.6. The molecule has 0 fully saturated rings. The Morgan fingerprint density at radius 3 is 2.27 bits per heavy atom. The third-order valence-corrected chi connectivity index (χ3v) is 7.49. The van der Waals surface area contributed by atoms with Crippen LogP contribution in [0.2, 0.25) is 0 Å². The lowest BCUT2D eigenvalue weighted by Gasteiger charge is -2.23. The van der Waals surface area contributed by atoms with Gasteiger partial charge in [0.05, 0.1) is 17.5 Å². The maximum absolute atomic E-state index is 13.6. The van der Waals surface area contributed by atoms with Crippen molar-refractivity contribution in [1.29, 1.82) is 0 Å². The fourth-order valence-electron chi connectivity index (χ4n) is 3.76. The van der Waals surface area contributed by atoms with Crippen LogP contribution in [-0.2, 0) is 23.1 Å². The lowest BCUT2D eigenvalue weighted by Crippen LogP contribution is -2.32. The van der Waals surface area contributed by atoms with Crippen molar-refractivity contribution in [1.82, 2.24) is 9.29 Å². The number of pyridine rings is 1. The number of para-hydroxylation sites is 1. The second-order valence-electron chi connectivity index (χ2n) is 8.10. The monoisotopic (exact) mass is 462 g/mol. The van der Waals surface area contributed by atoms with Gasteiger partial charge in [-0.2, -0.15) is 4.31 Å². The zero-order chi connectivity index (χ0) is 23.6. The molecule has 1 heterocycles. The highest BCUT2D eigenvalue weighted by atomic mass is 32.2. The van der Waals surface area contributed by atoms with Gasteiger partial charge < -0.3 is 9.72 Å². The predicted molar refractivity (Wildman–Crippen MR) is 130 cm³/mol. The predicted octanol–water partition coefficient (Wildman–Crippen LogP) is 4.54. The first-order valence-corrected chi connectivity index (χ1v) is 12.0. The summed E-state index contributed by atoms with van der Waals surface area (Å²) in [6, 6.07) is 21.5. The van der Waals surface area contributed by atoms with E-state index in [2.05, 4.69) is 4.98 Å². The van der Waals surface area contributed by atoms with E-state index in [1.165, 1.54) is 4.31 Å². The van der Waals surface area contributed by atoms with Crippen molar-refractivity contribution < 1.29 is 13.2 Å². The lowest BCUT2D eigenvalue weighted by molar-refractivity contribution is 0.398. The summed E-state index contributed by atoms with van der Waals surface area (Å²) in [6.45, 7) is 3.89. The Kier molecular flexibility index (Phi) is 6.35. The number of hydrogen-bond donors (Lipinski definition) is 1. The first kappa shape index (κ1) is 22.8. The van der Waals surface area contributed by atoms with Crippen LogP contribution < -0.4 is 10.3 Å². The maximum atomic E-state index is 13.6. The van der Waals surface area contributed by atoms with Crippen molar-refractivity contribution in [3.63, 3.8) is 0 Å². The molecule has 0 aliphatic carbocycles. The number of benzene rings is 3. The van der Waals surface area contributed by atoms with E-state index >= 15 is 0 Å². The molecule has 33 heavy (non-hydrogen) atoms. The van der Waals surface area contributed by atoms with E-state index in [0.29, 0.717) is 11.3 Å². The molecule has 0 saturated carbocycles. The zero-order valence-corrected chi connectivity index (χ0v) is 19.6. The molecule has 0 atom stereocenters. The molecule has 0 radical (unpaired) electrons. The summed E-state index contributed by atoms with van der Waals surface area (Å²) >= 11 is 0. The van der Waals surface area contributed by atoms with Crippen LogP contribution in [0, 0.1) is 13.8 Å². The van der Waals surface area contributed by atoms with Gasteiger partial charge >= 0.3 is 0 Å². The molecule has 0 spiro atoms. The quantitative estimate of drug-likeness (QED) is 0.437. The molecule has 4 aromatic rings. The average Bonchev–Trinajstić information content (AvgIpc) is 2.80. The molecular weight excluding hydrogens is 436 g/mol. The fraction of sp³-hybridized carbons (Fsp3) is 0.192. The topological polar surface area (TPSA) is 79.5 Å². The lowest BCUT2D eigenvalue weighted by atomic mass is 10.1. The highest BCUT2D eigenvalue weighted by Crippen LogP contribution is 2.23. The Hall–Kier alpha value is -3.42. The van der Waals surface area contributed by atoms with Gasteiger partial charge in [-0.1, -0.05) is 48.0 Å². The van der Waals surface area contributed by atoms with Crippen LogP contribution in [0.25, 0.3) is 10.9 Å². The van der Waals surface area contributed by atoms with Crippen LogP contribution in [0.3, 0.4) is 0 Å². The minimum Gasteiger partial charge on any atom is -0.497 e. The molecule has 0 saturated heterocycles. The number of aryl methyl sites for hydroxylation is 2. The molecule has 4 rings (SSSR count). The Labute approximate surface area is 193 Å². The molecule has 0 aliphatic rings. The van der Waals surface area contributed by atoms with E-state index in [1.807, 2.05) is 44.2 Å². The standard InChI is InChI=1S/C26H26N2O4S/c1-18-7-13-24(14-8-18)33(30,31)28(16-20-9-11-23(32-3)12-10-20)17-22-15-21-6-4-5-19(2)25(21)27-26(22)29/h4-15H,16-17H2,1-3H3,(H,27,29). The minimum atomic E-state index is -3.86. The van der Waals surface area contributed by atoms with Gasteiger partial charge in [0.25, 0.3) is 5.56 Å². The summed E-state index contributed by atoms with van der Waals surface area (Å²) in [7, 11) is -2.28. The van der Waals surface area contributed by atoms with Gasteiger partial charge in [-0.15, -0.1) is 0 Å². The Bertz CT molecular complexity index is 1440. The molecule has 1 N–H and O–H groups in total. The Morgan fingerprint density at radius 1 is 0.909 bits per heavy atom. The van der Waals surface area contributed by atoms with Gasteiger partial charge in [0.15, 0.2) is 0 Å². The van der Waals surface area contributed by atoms with Gasteiger partial charge in [-0.25, -0.2) is 8.42 Å². The zero-order valence-electron chi connectivity index (χ0n) is 18.8. The molecule has 0 aliphatic heterocycles. The van der Waals surface area contributed by atoms with Gasteiger partial charge in [0.1, 0.15) is 5.75 Å². The number of hydrogen-bond acceptors (Lipinski definition) is 4. The fourth-order valence-corrected chi connectivity index (χ4v) is 5.16. The SMILES string of the molecule is COc1ccc(CN(Cc2cc3cccc(C)c3[nH]c2=O)S(=O)(=O)c2ccc(C)cc2)cc1. The molecular formula is C26H26N2O4S. The minimum absolute atomic E-state index is 0.0541. The molecule has 3 aromatic carbocycles. The van der Waals surface area contributed by atoms with E-state index in [0.717, 1.165) is 27.6 Å². The Morgan fingerprint density at radius 2 is 1.61 bits per heavy atom. The normalized spacial score (nSPS) is 11.8. The number of aromatic amines is 1. The average molecular weight is 463 g/mol. The van der Waals surface area contributed by atoms with E-state index in [4.69, 9.17) is 4.74 Å². The van der Waals surface area contributed by atoms with Crippen molar-refractivity contribution in [3.8, 4) is 5.75 Å². The summed E-state index contributed by atoms with van der Waals surface area (Å²) in [5.74, 6) is 0.688. The van der Waals surface area contributed by atoms with Crippen molar-refractivity contribution in [2.24, 2.45) is 0 Å². The summed E-state index contributed by atoms with van der Waals surface area (Å²) in [6.07, 6.45) is 0. The van der Waals surface area contributed by atoms with Crippen LogP contribution in [0.15, 0.2) is 82.5 Å². The van der Waals surface area contributed by atoms with Crippen LogP contribution in [0.5, 0.6) is 5.75 Å². The number of nitrogens with one attached hydrogen (secondary N) is 1. The summed E-state index contributed by atoms with van der Waals surface area (Å²) in [4.78, 5) is 16.0. The highest BCUT2D eigenvalue weighted by molar-refractivity contribution is 7.89. The molecule has 0 bridgehead atoms. The van der Waals surface area contributed by atoms with Crippen molar-refractivity contribution in [2.75, 3.05) is 7.11 Å². The molecule has 0 amide bonds. The third kappa shape index (κ3) is 4.84. The second kappa shape index (κ2) is 9.21. The number of fused-ring (bicyclic) bond motifs is 1. The van der Waals surface area contributed by atoms with Crippen LogP contribution in [0.1, 0.15) is 22.3 Å². The van der Waals surface area contributed by atoms with Crippen LogP contribution in [-0.4, -0.2) is 24.8 Å². The maximum Gasteiger partial charge on any atom is 0.252 e. The second-order valence-corrected chi connectivity index (χ2v) is 10.0. The van der Waals surface area contributed by atoms with Crippen molar-refractivity contribution in [3.05, 3.63) is 105 Å². The number of H-pyrrole nitrogens is 1. The van der Waals surface area contributed by atoms with Gasteiger partial charge in [-0.05, 0) is 60.7 Å². The molecule has 7 heteroatoms. The van der Waals surface area contributed by atoms with Crippen LogP contribution >= 0.6 is 0 Å². The Balaban J connectivity index is 1.76. The van der Waals surface area contributed by atoms with Gasteiger partial charge in [0, 0.05) is 18.7 Å². The highest BCUT2D eigenvalue weighted by Gasteiger charge is 2.26. The van der Waals surface area contributed by atoms with E-state index in [1.54, 1.807) is 49.6 Å². The molecule has 0 unspecified atom stereocenters. The third-order valence-electron chi connectivity index (χ3n) is 5.69. The summed E-state index contributed by atoms with van der Waals surface area (Å²) in [5, 5.41) is 0.863. The summed E-state index contributed by atoms with van der Waals surface area (Å²) in [5.41, 5.74) is 3.57. The van der Waals surface area contributed by atoms with E-state index in [-0.39, 0.29) is 23.5 Å². The van der Waals surface area contributed by atoms with Gasteiger partial charge in [0.2, 0.25) is 10.0 Å². The number of methoxy groups -OCH3 is 1. The first-order chi connectivity index (χ1) is 15.8. The number of sulfonamides is 1. The summed E-state index contributed by atoms with van der Waals surface area (Å²) < 4.78 is 33.7. The van der Waals surface area contributed by atoms with Gasteiger partial charge in [-0.3, -0.25) is 4.79 Å². The number of rotatable bonds is 7. The van der Waals surface area contributed by atoms with Crippen molar-refractivity contribution in [2.45, 2.75) is 31.8 Å². The number of ether oxygens (including phenoxy) is 1. The van der Waals surface area contributed by atoms with E-state index < -0.39 is 10.0 Å². The molecule has 170 valence electrons. The molecule has 1 aromatic heterocycles. The number of nitrogens with zero attached hydrogens (tertiary/aromatic N) is 1.